The first-order valence-electron chi connectivity index (χ1n) is 13.6. The second kappa shape index (κ2) is 12.2. The SMILES string of the molecule is Cc1cnc(NC2CCN(S(=O)(=O)CCCCN3CCCCC3)CC2)nc1-c1cnn(CC(C)(C)O)c1. The number of nitrogens with zero attached hydrogens (tertiary/aromatic N) is 6. The summed E-state index contributed by atoms with van der Waals surface area (Å²) in [6.07, 6.45) is 12.4. The summed E-state index contributed by atoms with van der Waals surface area (Å²) < 4.78 is 29.1. The van der Waals surface area contributed by atoms with Crippen molar-refractivity contribution >= 4 is 16.0 Å². The molecule has 0 bridgehead atoms. The van der Waals surface area contributed by atoms with Gasteiger partial charge >= 0.3 is 0 Å². The molecular formula is C26H43N7O3S. The minimum Gasteiger partial charge on any atom is -0.389 e. The molecule has 0 saturated carbocycles. The first kappa shape index (κ1) is 27.9. The van der Waals surface area contributed by atoms with Gasteiger partial charge in [0.25, 0.3) is 0 Å². The average Bonchev–Trinajstić information content (AvgIpc) is 3.30. The Labute approximate surface area is 221 Å². The van der Waals surface area contributed by atoms with E-state index in [1.54, 1.807) is 35.2 Å². The third-order valence-electron chi connectivity index (χ3n) is 7.18. The van der Waals surface area contributed by atoms with E-state index in [0.717, 1.165) is 62.1 Å². The molecule has 2 aromatic rings. The number of sulfonamides is 1. The predicted molar refractivity (Wildman–Crippen MR) is 146 cm³/mol. The van der Waals surface area contributed by atoms with Crippen LogP contribution in [0.3, 0.4) is 0 Å². The molecule has 206 valence electrons. The van der Waals surface area contributed by atoms with Gasteiger partial charge in [-0.2, -0.15) is 5.10 Å². The molecule has 37 heavy (non-hydrogen) atoms. The van der Waals surface area contributed by atoms with Crippen LogP contribution in [0.15, 0.2) is 18.6 Å². The van der Waals surface area contributed by atoms with E-state index >= 15 is 0 Å². The maximum Gasteiger partial charge on any atom is 0.223 e. The molecule has 2 fully saturated rings. The molecule has 2 N–H and O–H groups in total. The lowest BCUT2D eigenvalue weighted by Gasteiger charge is -2.32. The van der Waals surface area contributed by atoms with E-state index in [0.29, 0.717) is 25.6 Å². The zero-order valence-electron chi connectivity index (χ0n) is 22.6. The molecule has 0 unspecified atom stereocenters. The smallest absolute Gasteiger partial charge is 0.223 e. The fraction of sp³-hybridized carbons (Fsp3) is 0.731. The number of aromatic nitrogens is 4. The number of hydrogen-bond acceptors (Lipinski definition) is 8. The van der Waals surface area contributed by atoms with Crippen molar-refractivity contribution in [2.75, 3.05) is 43.8 Å². The molecule has 0 radical (unpaired) electrons. The highest BCUT2D eigenvalue weighted by molar-refractivity contribution is 7.89. The zero-order chi connectivity index (χ0) is 26.5. The molecule has 2 aromatic heterocycles. The maximum atomic E-state index is 12.9. The average molecular weight is 534 g/mol. The number of piperidine rings is 2. The predicted octanol–water partition coefficient (Wildman–Crippen LogP) is 2.89. The van der Waals surface area contributed by atoms with E-state index in [1.165, 1.54) is 19.3 Å². The minimum absolute atomic E-state index is 0.124. The molecule has 11 heteroatoms. The van der Waals surface area contributed by atoms with Crippen molar-refractivity contribution in [2.45, 2.75) is 83.9 Å². The summed E-state index contributed by atoms with van der Waals surface area (Å²) in [6, 6.07) is 0.124. The normalized spacial score (nSPS) is 18.8. The first-order chi connectivity index (χ1) is 17.6. The number of aliphatic hydroxyl groups is 1. The van der Waals surface area contributed by atoms with Crippen molar-refractivity contribution in [1.82, 2.24) is 29.0 Å². The fourth-order valence-electron chi connectivity index (χ4n) is 5.17. The van der Waals surface area contributed by atoms with Crippen molar-refractivity contribution in [3.05, 3.63) is 24.2 Å². The highest BCUT2D eigenvalue weighted by Crippen LogP contribution is 2.24. The lowest BCUT2D eigenvalue weighted by molar-refractivity contribution is 0.0577. The second-order valence-corrected chi connectivity index (χ2v) is 13.3. The van der Waals surface area contributed by atoms with Gasteiger partial charge in [-0.25, -0.2) is 22.7 Å². The van der Waals surface area contributed by atoms with E-state index in [4.69, 9.17) is 4.98 Å². The lowest BCUT2D eigenvalue weighted by atomic mass is 10.1. The molecule has 2 aliphatic heterocycles. The van der Waals surface area contributed by atoms with Crippen LogP contribution in [-0.4, -0.2) is 92.6 Å². The Bertz CT molecular complexity index is 1120. The number of anilines is 1. The van der Waals surface area contributed by atoms with Gasteiger partial charge in [0.15, 0.2) is 0 Å². The quantitative estimate of drug-likeness (QED) is 0.424. The fourth-order valence-corrected chi connectivity index (χ4v) is 6.76. The van der Waals surface area contributed by atoms with Gasteiger partial charge in [0.05, 0.1) is 29.8 Å². The molecule has 2 aliphatic rings. The van der Waals surface area contributed by atoms with Gasteiger partial charge in [-0.05, 0) is 84.5 Å². The Morgan fingerprint density at radius 3 is 2.51 bits per heavy atom. The summed E-state index contributed by atoms with van der Waals surface area (Å²) in [5.41, 5.74) is 1.75. The van der Waals surface area contributed by atoms with Gasteiger partial charge in [0.1, 0.15) is 0 Å². The molecule has 0 aliphatic carbocycles. The second-order valence-electron chi connectivity index (χ2n) is 11.2. The van der Waals surface area contributed by atoms with Gasteiger partial charge in [-0.15, -0.1) is 0 Å². The van der Waals surface area contributed by atoms with E-state index in [-0.39, 0.29) is 11.8 Å². The minimum atomic E-state index is -3.21. The number of hydrogen-bond donors (Lipinski definition) is 2. The van der Waals surface area contributed by atoms with Crippen molar-refractivity contribution in [1.29, 1.82) is 0 Å². The summed E-state index contributed by atoms with van der Waals surface area (Å²) in [5.74, 6) is 0.777. The van der Waals surface area contributed by atoms with E-state index in [2.05, 4.69) is 20.3 Å². The monoisotopic (exact) mass is 533 g/mol. The molecule has 0 atom stereocenters. The Hall–Kier alpha value is -2.08. The van der Waals surface area contributed by atoms with Crippen LogP contribution < -0.4 is 5.32 Å². The molecule has 2 saturated heterocycles. The summed E-state index contributed by atoms with van der Waals surface area (Å²) in [5, 5.41) is 17.8. The maximum absolute atomic E-state index is 12.9. The van der Waals surface area contributed by atoms with Crippen molar-refractivity contribution < 1.29 is 13.5 Å². The van der Waals surface area contributed by atoms with Gasteiger partial charge in [0, 0.05) is 37.1 Å². The Morgan fingerprint density at radius 1 is 1.08 bits per heavy atom. The Morgan fingerprint density at radius 2 is 1.81 bits per heavy atom. The van der Waals surface area contributed by atoms with Crippen LogP contribution in [0.2, 0.25) is 0 Å². The van der Waals surface area contributed by atoms with E-state index in [9.17, 15) is 13.5 Å². The largest absolute Gasteiger partial charge is 0.389 e. The number of likely N-dealkylation sites (tertiary alicyclic amines) is 1. The van der Waals surface area contributed by atoms with Crippen LogP contribution in [-0.2, 0) is 16.6 Å². The molecule has 4 rings (SSSR count). The molecular weight excluding hydrogens is 490 g/mol. The third kappa shape index (κ3) is 8.20. The van der Waals surface area contributed by atoms with E-state index < -0.39 is 15.6 Å². The van der Waals surface area contributed by atoms with Crippen LogP contribution in [0.1, 0.15) is 64.4 Å². The Balaban J connectivity index is 1.26. The summed E-state index contributed by atoms with van der Waals surface area (Å²) >= 11 is 0. The van der Waals surface area contributed by atoms with Crippen molar-refractivity contribution in [2.24, 2.45) is 0 Å². The third-order valence-corrected chi connectivity index (χ3v) is 9.14. The molecule has 0 spiro atoms. The molecule has 10 nitrogen and oxygen atoms in total. The number of aryl methyl sites for hydroxylation is 1. The zero-order valence-corrected chi connectivity index (χ0v) is 23.4. The first-order valence-corrected chi connectivity index (χ1v) is 15.3. The molecule has 0 amide bonds. The topological polar surface area (TPSA) is 116 Å². The van der Waals surface area contributed by atoms with Crippen LogP contribution in [0.5, 0.6) is 0 Å². The molecule has 0 aromatic carbocycles. The van der Waals surface area contributed by atoms with Crippen LogP contribution in [0.4, 0.5) is 5.95 Å². The van der Waals surface area contributed by atoms with Gasteiger partial charge in [-0.3, -0.25) is 4.68 Å². The Kier molecular flexibility index (Phi) is 9.20. The summed E-state index contributed by atoms with van der Waals surface area (Å²) in [7, 11) is -3.21. The number of nitrogens with one attached hydrogen (secondary N) is 1. The lowest BCUT2D eigenvalue weighted by Crippen LogP contribution is -2.43. The number of unbranched alkanes of at least 4 members (excludes halogenated alkanes) is 1. The highest BCUT2D eigenvalue weighted by atomic mass is 32.2. The summed E-state index contributed by atoms with van der Waals surface area (Å²) in [4.78, 5) is 11.7. The van der Waals surface area contributed by atoms with Gasteiger partial charge in [0.2, 0.25) is 16.0 Å². The van der Waals surface area contributed by atoms with Crippen molar-refractivity contribution in [3.8, 4) is 11.3 Å². The highest BCUT2D eigenvalue weighted by Gasteiger charge is 2.28. The van der Waals surface area contributed by atoms with Crippen molar-refractivity contribution in [3.63, 3.8) is 0 Å². The number of rotatable bonds is 11. The van der Waals surface area contributed by atoms with Gasteiger partial charge < -0.3 is 15.3 Å². The van der Waals surface area contributed by atoms with Gasteiger partial charge in [-0.1, -0.05) is 6.42 Å². The van der Waals surface area contributed by atoms with Crippen LogP contribution >= 0.6 is 0 Å². The summed E-state index contributed by atoms with van der Waals surface area (Å²) in [6.45, 7) is 10.2. The van der Waals surface area contributed by atoms with Crippen LogP contribution in [0, 0.1) is 6.92 Å². The van der Waals surface area contributed by atoms with Crippen LogP contribution in [0.25, 0.3) is 11.3 Å². The van der Waals surface area contributed by atoms with E-state index in [1.807, 2.05) is 13.1 Å². The molecule has 4 heterocycles. The standard InChI is InChI=1S/C26H43N7O3S/c1-21-17-27-25(30-24(21)22-18-28-32(19-22)20-26(2,3)34)29-23-9-14-33(15-10-23)37(35,36)16-8-7-13-31-11-5-4-6-12-31/h17-19,23,34H,4-16,20H2,1-3H3,(H,27,29,30).